The van der Waals surface area contributed by atoms with E-state index in [2.05, 4.69) is 21.2 Å². The molecule has 34 heavy (non-hydrogen) atoms. The summed E-state index contributed by atoms with van der Waals surface area (Å²) in [6.45, 7) is -0.127. The van der Waals surface area contributed by atoms with Gasteiger partial charge in [0.15, 0.2) is 6.10 Å². The molecule has 0 saturated heterocycles. The van der Waals surface area contributed by atoms with Crippen LogP contribution in [-0.2, 0) is 14.3 Å². The van der Waals surface area contributed by atoms with Crippen LogP contribution in [0.1, 0.15) is 5.56 Å². The number of nitrogens with zero attached hydrogens (tertiary/aromatic N) is 1. The van der Waals surface area contributed by atoms with Gasteiger partial charge < -0.3 is 35.0 Å². The highest BCUT2D eigenvalue weighted by Crippen LogP contribution is 2.30. The van der Waals surface area contributed by atoms with Crippen molar-refractivity contribution in [3.63, 3.8) is 0 Å². The maximum absolute atomic E-state index is 12.8. The lowest BCUT2D eigenvalue weighted by molar-refractivity contribution is -0.150. The molecule has 4 N–H and O–H groups in total. The first-order valence-corrected chi connectivity index (χ1v) is 11.3. The highest BCUT2D eigenvalue weighted by atomic mass is 79.9. The second-order valence-electron chi connectivity index (χ2n) is 7.75. The van der Waals surface area contributed by atoms with Crippen molar-refractivity contribution in [2.45, 2.75) is 30.5 Å². The highest BCUT2D eigenvalue weighted by Gasteiger charge is 2.38. The molecule has 1 aliphatic heterocycles. The van der Waals surface area contributed by atoms with Crippen LogP contribution in [0.4, 0.5) is 5.69 Å². The summed E-state index contributed by atoms with van der Waals surface area (Å²) in [5, 5.41) is 33.8. The molecule has 1 heterocycles. The number of carbonyl (C=O) groups is 2. The summed E-state index contributed by atoms with van der Waals surface area (Å²) in [4.78, 5) is 27.0. The second kappa shape index (κ2) is 11.6. The normalized spacial score (nSPS) is 19.5. The minimum atomic E-state index is -1.78. The Kier molecular flexibility index (Phi) is 8.81. The third kappa shape index (κ3) is 5.83. The van der Waals surface area contributed by atoms with Crippen molar-refractivity contribution in [3.8, 4) is 5.75 Å². The smallest absolute Gasteiger partial charge is 0.252 e. The van der Waals surface area contributed by atoms with Crippen LogP contribution >= 0.6 is 15.9 Å². The first-order chi connectivity index (χ1) is 16.2. The maximum atomic E-state index is 12.8. The fourth-order valence-electron chi connectivity index (χ4n) is 3.52. The summed E-state index contributed by atoms with van der Waals surface area (Å²) >= 11 is 3.38. The molecule has 1 aliphatic rings. The Morgan fingerprint density at radius 2 is 1.85 bits per heavy atom. The number of hydrogen-bond donors (Lipinski definition) is 4. The van der Waals surface area contributed by atoms with Crippen molar-refractivity contribution >= 4 is 39.5 Å². The number of ether oxygens (including phenoxy) is 2. The Labute approximate surface area is 205 Å². The van der Waals surface area contributed by atoms with Crippen molar-refractivity contribution < 1.29 is 34.4 Å². The average molecular weight is 535 g/mol. The predicted molar refractivity (Wildman–Crippen MR) is 129 cm³/mol. The van der Waals surface area contributed by atoms with Crippen molar-refractivity contribution in [2.24, 2.45) is 0 Å². The summed E-state index contributed by atoms with van der Waals surface area (Å²) < 4.78 is 11.5. The summed E-state index contributed by atoms with van der Waals surface area (Å²) in [6, 6.07) is 13.2. The fraction of sp³-hybridized carbons (Fsp3) is 0.333. The first kappa shape index (κ1) is 25.9. The fourth-order valence-corrected chi connectivity index (χ4v) is 3.94. The van der Waals surface area contributed by atoms with Crippen LogP contribution in [-0.4, -0.2) is 78.4 Å². The number of hydrogen-bond acceptors (Lipinski definition) is 7. The standard InChI is InChI=1S/C24H27BrN2O7/c1-27-17-9-5-6-10-19(17)34-13-16(24(27)32)26-23(31)22(33-2)21(30)20(29)18(28)12-11-14-7-3-4-8-15(14)25/h3-12,16,18,20-22,28-30H,13H2,1-2H3,(H,26,31)/t16-,18+,20-,21+,22+/m0/s1. The third-order valence-electron chi connectivity index (χ3n) is 5.48. The monoisotopic (exact) mass is 534 g/mol. The van der Waals surface area contributed by atoms with E-state index in [0.29, 0.717) is 11.4 Å². The van der Waals surface area contributed by atoms with Crippen LogP contribution < -0.4 is 15.0 Å². The highest BCUT2D eigenvalue weighted by molar-refractivity contribution is 9.10. The number of anilines is 1. The molecule has 0 aromatic heterocycles. The Morgan fingerprint density at radius 1 is 1.18 bits per heavy atom. The average Bonchev–Trinajstić information content (AvgIpc) is 2.95. The Morgan fingerprint density at radius 3 is 2.56 bits per heavy atom. The molecule has 0 fully saturated rings. The van der Waals surface area contributed by atoms with Crippen LogP contribution in [0.2, 0.25) is 0 Å². The number of amides is 2. The van der Waals surface area contributed by atoms with Gasteiger partial charge in [-0.2, -0.15) is 0 Å². The summed E-state index contributed by atoms with van der Waals surface area (Å²) in [5.41, 5.74) is 1.31. The van der Waals surface area contributed by atoms with E-state index in [0.717, 1.165) is 10.0 Å². The third-order valence-corrected chi connectivity index (χ3v) is 6.20. The van der Waals surface area contributed by atoms with Gasteiger partial charge in [-0.15, -0.1) is 0 Å². The zero-order valence-corrected chi connectivity index (χ0v) is 20.3. The van der Waals surface area contributed by atoms with Crippen molar-refractivity contribution in [1.29, 1.82) is 0 Å². The van der Waals surface area contributed by atoms with E-state index in [1.807, 2.05) is 18.2 Å². The summed E-state index contributed by atoms with van der Waals surface area (Å²) in [6.07, 6.45) is -3.68. The number of rotatable bonds is 8. The lowest BCUT2D eigenvalue weighted by Crippen LogP contribution is -2.56. The lowest BCUT2D eigenvalue weighted by Gasteiger charge is -2.28. The SMILES string of the molecule is CO[C@@H](C(=O)N[C@H]1COc2ccccc2N(C)C1=O)[C@H](O)[C@@H](O)[C@H](O)C=Cc1ccccc1Br. The van der Waals surface area contributed by atoms with Crippen LogP contribution in [0.5, 0.6) is 5.75 Å². The van der Waals surface area contributed by atoms with Gasteiger partial charge in [0.1, 0.15) is 36.7 Å². The van der Waals surface area contributed by atoms with Crippen LogP contribution in [0.15, 0.2) is 59.1 Å². The van der Waals surface area contributed by atoms with E-state index in [4.69, 9.17) is 9.47 Å². The number of nitrogens with one attached hydrogen (secondary N) is 1. The molecular formula is C24H27BrN2O7. The van der Waals surface area contributed by atoms with Gasteiger partial charge in [0.2, 0.25) is 0 Å². The lowest BCUT2D eigenvalue weighted by atomic mass is 10.0. The van der Waals surface area contributed by atoms with Gasteiger partial charge >= 0.3 is 0 Å². The number of para-hydroxylation sites is 2. The van der Waals surface area contributed by atoms with Gasteiger partial charge in [-0.25, -0.2) is 0 Å². The molecule has 10 heteroatoms. The quantitative estimate of drug-likeness (QED) is 0.399. The van der Waals surface area contributed by atoms with Gasteiger partial charge in [0.05, 0.1) is 5.69 Å². The summed E-state index contributed by atoms with van der Waals surface area (Å²) in [5.74, 6) is -0.759. The first-order valence-electron chi connectivity index (χ1n) is 10.5. The topological polar surface area (TPSA) is 129 Å². The molecule has 0 saturated carbocycles. The molecule has 5 atom stereocenters. The van der Waals surface area contributed by atoms with Crippen molar-refractivity contribution in [2.75, 3.05) is 25.7 Å². The van der Waals surface area contributed by atoms with Crippen LogP contribution in [0.3, 0.4) is 0 Å². The Balaban J connectivity index is 1.66. The van der Waals surface area contributed by atoms with Gasteiger partial charge in [-0.1, -0.05) is 58.4 Å². The Bertz CT molecular complexity index is 1050. The largest absolute Gasteiger partial charge is 0.489 e. The molecule has 2 aromatic carbocycles. The number of carbonyl (C=O) groups excluding carboxylic acids is 2. The molecular weight excluding hydrogens is 508 g/mol. The van der Waals surface area contributed by atoms with Crippen LogP contribution in [0, 0.1) is 0 Å². The molecule has 182 valence electrons. The number of benzene rings is 2. The van der Waals surface area contributed by atoms with E-state index in [1.54, 1.807) is 43.5 Å². The molecule has 0 radical (unpaired) electrons. The molecule has 0 aliphatic carbocycles. The molecule has 2 aromatic rings. The number of aliphatic hydroxyl groups is 3. The minimum absolute atomic E-state index is 0.127. The van der Waals surface area contributed by atoms with Gasteiger partial charge in [0, 0.05) is 18.6 Å². The Hall–Kier alpha value is -2.76. The van der Waals surface area contributed by atoms with Crippen molar-refractivity contribution in [1.82, 2.24) is 5.32 Å². The molecule has 9 nitrogen and oxygen atoms in total. The van der Waals surface area contributed by atoms with Crippen LogP contribution in [0.25, 0.3) is 6.08 Å². The number of methoxy groups -OCH3 is 1. The molecule has 0 spiro atoms. The predicted octanol–water partition coefficient (Wildman–Crippen LogP) is 1.10. The van der Waals surface area contributed by atoms with E-state index >= 15 is 0 Å². The van der Waals surface area contributed by atoms with E-state index in [1.165, 1.54) is 18.1 Å². The number of fused-ring (bicyclic) bond motifs is 1. The number of aliphatic hydroxyl groups excluding tert-OH is 3. The molecule has 0 unspecified atom stereocenters. The van der Waals surface area contributed by atoms with Gasteiger partial charge in [-0.05, 0) is 23.8 Å². The van der Waals surface area contributed by atoms with Gasteiger partial charge in [-0.3, -0.25) is 9.59 Å². The van der Waals surface area contributed by atoms with E-state index in [-0.39, 0.29) is 6.61 Å². The molecule has 2 amide bonds. The second-order valence-corrected chi connectivity index (χ2v) is 8.60. The number of halogens is 1. The maximum Gasteiger partial charge on any atom is 0.252 e. The van der Waals surface area contributed by atoms with Crippen molar-refractivity contribution in [3.05, 3.63) is 64.6 Å². The van der Waals surface area contributed by atoms with Gasteiger partial charge in [0.25, 0.3) is 11.8 Å². The molecule has 3 rings (SSSR count). The zero-order valence-electron chi connectivity index (χ0n) is 18.7. The molecule has 0 bridgehead atoms. The minimum Gasteiger partial charge on any atom is -0.489 e. The van der Waals surface area contributed by atoms with E-state index < -0.39 is 42.3 Å². The number of likely N-dealkylation sites (N-methyl/N-ethyl adjacent to an activating group) is 1. The zero-order chi connectivity index (χ0) is 24.8. The summed E-state index contributed by atoms with van der Waals surface area (Å²) in [7, 11) is 2.74. The van der Waals surface area contributed by atoms with E-state index in [9.17, 15) is 24.9 Å².